The van der Waals surface area contributed by atoms with E-state index in [9.17, 15) is 14.7 Å². The second kappa shape index (κ2) is 7.87. The fraction of sp³-hybridized carbons (Fsp3) is 0.136. The van der Waals surface area contributed by atoms with Gasteiger partial charge in [0.15, 0.2) is 5.13 Å². The number of thiazole rings is 1. The van der Waals surface area contributed by atoms with Gasteiger partial charge in [-0.05, 0) is 43.2 Å². The van der Waals surface area contributed by atoms with Crippen LogP contribution in [-0.2, 0) is 9.59 Å². The third kappa shape index (κ3) is 3.41. The van der Waals surface area contributed by atoms with Gasteiger partial charge >= 0.3 is 5.91 Å². The van der Waals surface area contributed by atoms with Crippen molar-refractivity contribution in [2.75, 3.05) is 4.90 Å². The Morgan fingerprint density at radius 2 is 1.87 bits per heavy atom. The number of aliphatic hydroxyl groups excluding tert-OH is 1. The molecule has 2 heterocycles. The Balaban J connectivity index is 1.99. The number of Topliss-reactive ketones (excluding diaryl/α,β-unsaturated/α-hetero) is 1. The number of aromatic nitrogens is 1. The zero-order valence-corrected chi connectivity index (χ0v) is 18.3. The van der Waals surface area contributed by atoms with Gasteiger partial charge in [-0.3, -0.25) is 14.5 Å². The first-order valence-electron chi connectivity index (χ1n) is 9.02. The van der Waals surface area contributed by atoms with E-state index in [2.05, 4.69) is 4.98 Å². The summed E-state index contributed by atoms with van der Waals surface area (Å²) in [5, 5.41) is 13.9. The summed E-state index contributed by atoms with van der Waals surface area (Å²) in [4.78, 5) is 31.5. The maximum absolute atomic E-state index is 13.1. The fourth-order valence-electron chi connectivity index (χ4n) is 3.50. The summed E-state index contributed by atoms with van der Waals surface area (Å²) in [6.45, 7) is 3.72. The van der Waals surface area contributed by atoms with Crippen molar-refractivity contribution in [2.24, 2.45) is 0 Å². The Labute approximate surface area is 187 Å². The summed E-state index contributed by atoms with van der Waals surface area (Å²) in [6, 6.07) is 9.54. The first-order valence-corrected chi connectivity index (χ1v) is 10.7. The van der Waals surface area contributed by atoms with Crippen LogP contribution in [0.25, 0.3) is 5.76 Å². The first-order chi connectivity index (χ1) is 14.3. The molecule has 3 aromatic rings. The van der Waals surface area contributed by atoms with Gasteiger partial charge in [-0.1, -0.05) is 47.0 Å². The molecule has 2 aromatic carbocycles. The minimum absolute atomic E-state index is 0.0118. The SMILES string of the molecule is Cc1ccc(C)c(/C(O)=C2\C(=O)C(=O)N(c3nccs3)C2c2ccc(Cl)c(Cl)c2)c1. The number of carbonyl (C=O) groups excluding carboxylic acids is 2. The second-order valence-electron chi connectivity index (χ2n) is 6.98. The summed E-state index contributed by atoms with van der Waals surface area (Å²) >= 11 is 13.5. The lowest BCUT2D eigenvalue weighted by molar-refractivity contribution is -0.132. The zero-order valence-electron chi connectivity index (χ0n) is 16.0. The minimum atomic E-state index is -0.883. The van der Waals surface area contributed by atoms with Crippen LogP contribution in [0, 0.1) is 13.8 Å². The van der Waals surface area contributed by atoms with Crippen molar-refractivity contribution in [1.29, 1.82) is 0 Å². The van der Waals surface area contributed by atoms with Crippen molar-refractivity contribution in [3.05, 3.63) is 85.8 Å². The van der Waals surface area contributed by atoms with Crippen molar-refractivity contribution in [2.45, 2.75) is 19.9 Å². The highest BCUT2D eigenvalue weighted by molar-refractivity contribution is 7.14. The molecule has 1 saturated heterocycles. The third-order valence-electron chi connectivity index (χ3n) is 4.98. The molecule has 152 valence electrons. The molecular weight excluding hydrogens is 443 g/mol. The first kappa shape index (κ1) is 20.6. The number of halogens is 2. The average molecular weight is 459 g/mol. The van der Waals surface area contributed by atoms with Crippen LogP contribution in [0.15, 0.2) is 53.5 Å². The summed E-state index contributed by atoms with van der Waals surface area (Å²) in [6.07, 6.45) is 1.55. The van der Waals surface area contributed by atoms with Crippen molar-refractivity contribution in [3.63, 3.8) is 0 Å². The van der Waals surface area contributed by atoms with E-state index in [1.165, 1.54) is 16.2 Å². The van der Waals surface area contributed by atoms with Crippen molar-refractivity contribution in [3.8, 4) is 0 Å². The standard InChI is InChI=1S/C22H16Cl2N2O3S/c1-11-3-4-12(2)14(9-11)19(27)17-18(13-5-6-15(23)16(24)10-13)26(21(29)20(17)28)22-25-7-8-30-22/h3-10,18,27H,1-2H3/b19-17+. The Kier molecular flexibility index (Phi) is 5.40. The quantitative estimate of drug-likeness (QED) is 0.310. The van der Waals surface area contributed by atoms with Gasteiger partial charge in [-0.15, -0.1) is 11.3 Å². The normalized spacial score (nSPS) is 18.3. The van der Waals surface area contributed by atoms with Crippen LogP contribution in [0.4, 0.5) is 5.13 Å². The number of rotatable bonds is 3. The maximum Gasteiger partial charge on any atom is 0.301 e. The highest BCUT2D eigenvalue weighted by Crippen LogP contribution is 2.44. The molecule has 1 atom stereocenters. The molecule has 30 heavy (non-hydrogen) atoms. The number of ketones is 1. The fourth-order valence-corrected chi connectivity index (χ4v) is 4.47. The lowest BCUT2D eigenvalue weighted by Gasteiger charge is -2.23. The Morgan fingerprint density at radius 1 is 1.10 bits per heavy atom. The number of carbonyl (C=O) groups is 2. The smallest absolute Gasteiger partial charge is 0.301 e. The van der Waals surface area contributed by atoms with Crippen molar-refractivity contribution < 1.29 is 14.7 Å². The van der Waals surface area contributed by atoms with E-state index in [-0.39, 0.29) is 16.4 Å². The molecule has 8 heteroatoms. The van der Waals surface area contributed by atoms with Gasteiger partial charge in [0.2, 0.25) is 0 Å². The highest BCUT2D eigenvalue weighted by Gasteiger charge is 2.48. The Hall–Kier alpha value is -2.67. The Bertz CT molecular complexity index is 1210. The largest absolute Gasteiger partial charge is 0.507 e. The molecular formula is C22H16Cl2N2O3S. The molecule has 0 spiro atoms. The molecule has 1 aromatic heterocycles. The zero-order chi connectivity index (χ0) is 21.6. The van der Waals surface area contributed by atoms with E-state index in [1.807, 2.05) is 26.0 Å². The number of benzene rings is 2. The van der Waals surface area contributed by atoms with Crippen LogP contribution in [0.1, 0.15) is 28.3 Å². The van der Waals surface area contributed by atoms with Gasteiger partial charge in [0.1, 0.15) is 5.76 Å². The average Bonchev–Trinajstić information content (AvgIpc) is 3.32. The predicted octanol–water partition coefficient (Wildman–Crippen LogP) is 5.69. The maximum atomic E-state index is 13.1. The topological polar surface area (TPSA) is 70.5 Å². The number of aryl methyl sites for hydroxylation is 2. The molecule has 1 fully saturated rings. The van der Waals surface area contributed by atoms with E-state index in [1.54, 1.807) is 35.8 Å². The molecule has 0 aliphatic carbocycles. The van der Waals surface area contributed by atoms with Gasteiger partial charge < -0.3 is 5.11 Å². The van der Waals surface area contributed by atoms with Gasteiger partial charge in [-0.25, -0.2) is 4.98 Å². The van der Waals surface area contributed by atoms with Gasteiger partial charge in [-0.2, -0.15) is 0 Å². The molecule has 4 rings (SSSR count). The molecule has 1 unspecified atom stereocenters. The van der Waals surface area contributed by atoms with E-state index in [0.717, 1.165) is 11.1 Å². The number of amides is 1. The molecule has 5 nitrogen and oxygen atoms in total. The minimum Gasteiger partial charge on any atom is -0.507 e. The number of nitrogens with zero attached hydrogens (tertiary/aromatic N) is 2. The van der Waals surface area contributed by atoms with E-state index >= 15 is 0 Å². The monoisotopic (exact) mass is 458 g/mol. The predicted molar refractivity (Wildman–Crippen MR) is 119 cm³/mol. The van der Waals surface area contributed by atoms with E-state index < -0.39 is 17.7 Å². The number of hydrogen-bond acceptors (Lipinski definition) is 5. The van der Waals surface area contributed by atoms with Gasteiger partial charge in [0.25, 0.3) is 5.78 Å². The summed E-state index contributed by atoms with van der Waals surface area (Å²) in [5.41, 5.74) is 2.74. The van der Waals surface area contributed by atoms with Crippen LogP contribution in [0.5, 0.6) is 0 Å². The number of aliphatic hydroxyl groups is 1. The van der Waals surface area contributed by atoms with E-state index in [0.29, 0.717) is 21.3 Å². The van der Waals surface area contributed by atoms with Gasteiger partial charge in [0, 0.05) is 17.1 Å². The van der Waals surface area contributed by atoms with Crippen LogP contribution in [0.2, 0.25) is 10.0 Å². The van der Waals surface area contributed by atoms with Crippen LogP contribution in [0.3, 0.4) is 0 Å². The van der Waals surface area contributed by atoms with Crippen molar-refractivity contribution >= 4 is 57.1 Å². The highest BCUT2D eigenvalue weighted by atomic mass is 35.5. The van der Waals surface area contributed by atoms with Gasteiger partial charge in [0.05, 0.1) is 21.7 Å². The molecule has 1 N–H and O–H groups in total. The number of hydrogen-bond donors (Lipinski definition) is 1. The third-order valence-corrected chi connectivity index (χ3v) is 6.49. The lowest BCUT2D eigenvalue weighted by Crippen LogP contribution is -2.29. The molecule has 0 bridgehead atoms. The summed E-state index contributed by atoms with van der Waals surface area (Å²) in [5.74, 6) is -1.77. The van der Waals surface area contributed by atoms with Crippen LogP contribution in [-0.4, -0.2) is 21.8 Å². The number of anilines is 1. The molecule has 1 amide bonds. The summed E-state index contributed by atoms with van der Waals surface area (Å²) in [7, 11) is 0. The van der Waals surface area contributed by atoms with Crippen molar-refractivity contribution in [1.82, 2.24) is 4.98 Å². The molecule has 1 aliphatic heterocycles. The Morgan fingerprint density at radius 3 is 2.53 bits per heavy atom. The lowest BCUT2D eigenvalue weighted by atomic mass is 9.93. The second-order valence-corrected chi connectivity index (χ2v) is 8.66. The van der Waals surface area contributed by atoms with Crippen LogP contribution < -0.4 is 4.90 Å². The molecule has 0 radical (unpaired) electrons. The van der Waals surface area contributed by atoms with E-state index in [4.69, 9.17) is 23.2 Å². The molecule has 1 aliphatic rings. The molecule has 0 saturated carbocycles. The van der Waals surface area contributed by atoms with Crippen LogP contribution >= 0.6 is 34.5 Å². The summed E-state index contributed by atoms with van der Waals surface area (Å²) < 4.78 is 0.